The molecule has 9 heteroatoms. The first-order valence-corrected chi connectivity index (χ1v) is 10.8. The fourth-order valence-electron chi connectivity index (χ4n) is 3.36. The SMILES string of the molecule is CN/C=C(\C(=N)c1ccc(OC)nc1)c1cnc2ccc(Nc3cc(C(C)C)cnn3)nc2c1. The molecule has 0 atom stereocenters. The lowest BCUT2D eigenvalue weighted by atomic mass is 9.98. The third-order valence-electron chi connectivity index (χ3n) is 5.24. The number of allylic oxidation sites excluding steroid dienone is 1. The van der Waals surface area contributed by atoms with Gasteiger partial charge in [0.2, 0.25) is 5.88 Å². The summed E-state index contributed by atoms with van der Waals surface area (Å²) >= 11 is 0. The van der Waals surface area contributed by atoms with Crippen LogP contribution >= 0.6 is 0 Å². The number of nitrogens with zero attached hydrogens (tertiary/aromatic N) is 5. The topological polar surface area (TPSA) is 122 Å². The van der Waals surface area contributed by atoms with E-state index in [0.717, 1.165) is 16.6 Å². The smallest absolute Gasteiger partial charge is 0.212 e. The second-order valence-electron chi connectivity index (χ2n) is 7.92. The Morgan fingerprint density at radius 1 is 0.971 bits per heavy atom. The van der Waals surface area contributed by atoms with Crippen molar-refractivity contribution in [2.75, 3.05) is 19.5 Å². The molecule has 0 aliphatic carbocycles. The van der Waals surface area contributed by atoms with Crippen LogP contribution in [0, 0.1) is 5.41 Å². The highest BCUT2D eigenvalue weighted by Gasteiger charge is 2.14. The molecule has 0 fully saturated rings. The van der Waals surface area contributed by atoms with Gasteiger partial charge >= 0.3 is 0 Å². The number of rotatable bonds is 8. The minimum atomic E-state index is 0.306. The molecule has 4 aromatic heterocycles. The van der Waals surface area contributed by atoms with Gasteiger partial charge in [-0.2, -0.15) is 5.10 Å². The lowest BCUT2D eigenvalue weighted by molar-refractivity contribution is 0.398. The van der Waals surface area contributed by atoms with Gasteiger partial charge in [-0.1, -0.05) is 13.8 Å². The largest absolute Gasteiger partial charge is 0.481 e. The number of ether oxygens (including phenoxy) is 1. The highest BCUT2D eigenvalue weighted by atomic mass is 16.5. The van der Waals surface area contributed by atoms with Gasteiger partial charge in [-0.3, -0.25) is 10.4 Å². The molecule has 0 aliphatic rings. The molecule has 3 N–H and O–H groups in total. The van der Waals surface area contributed by atoms with Crippen LogP contribution in [-0.2, 0) is 0 Å². The number of aromatic nitrogens is 5. The molecule has 9 nitrogen and oxygen atoms in total. The van der Waals surface area contributed by atoms with Gasteiger partial charge in [0.15, 0.2) is 5.82 Å². The molecule has 0 aromatic carbocycles. The first-order valence-electron chi connectivity index (χ1n) is 10.8. The maximum absolute atomic E-state index is 8.74. The van der Waals surface area contributed by atoms with Gasteiger partial charge in [-0.25, -0.2) is 9.97 Å². The van der Waals surface area contributed by atoms with Crippen molar-refractivity contribution < 1.29 is 4.74 Å². The van der Waals surface area contributed by atoms with Crippen LogP contribution in [0.2, 0.25) is 0 Å². The lowest BCUT2D eigenvalue weighted by Gasteiger charge is -2.12. The van der Waals surface area contributed by atoms with E-state index in [2.05, 4.69) is 44.6 Å². The minimum absolute atomic E-state index is 0.306. The molecule has 34 heavy (non-hydrogen) atoms. The summed E-state index contributed by atoms with van der Waals surface area (Å²) in [5.41, 5.74) is 4.93. The minimum Gasteiger partial charge on any atom is -0.481 e. The number of hydrogen-bond acceptors (Lipinski definition) is 9. The van der Waals surface area contributed by atoms with Crippen LogP contribution in [0.1, 0.15) is 36.5 Å². The Labute approximate surface area is 197 Å². The molecule has 0 radical (unpaired) electrons. The van der Waals surface area contributed by atoms with Crippen molar-refractivity contribution in [3.63, 3.8) is 0 Å². The van der Waals surface area contributed by atoms with Gasteiger partial charge in [0.25, 0.3) is 0 Å². The van der Waals surface area contributed by atoms with Gasteiger partial charge in [-0.15, -0.1) is 5.10 Å². The second kappa shape index (κ2) is 10.0. The van der Waals surface area contributed by atoms with E-state index in [-0.39, 0.29) is 0 Å². The van der Waals surface area contributed by atoms with Gasteiger partial charge in [0.05, 0.1) is 30.1 Å². The van der Waals surface area contributed by atoms with Crippen molar-refractivity contribution >= 4 is 34.0 Å². The Balaban J connectivity index is 1.66. The van der Waals surface area contributed by atoms with Gasteiger partial charge in [0, 0.05) is 48.4 Å². The van der Waals surface area contributed by atoms with Gasteiger partial charge in [-0.05, 0) is 41.8 Å². The molecule has 4 rings (SSSR count). The monoisotopic (exact) mass is 454 g/mol. The van der Waals surface area contributed by atoms with Crippen LogP contribution in [0.25, 0.3) is 16.6 Å². The maximum atomic E-state index is 8.74. The van der Waals surface area contributed by atoms with Crippen molar-refractivity contribution in [1.82, 2.24) is 30.5 Å². The lowest BCUT2D eigenvalue weighted by Crippen LogP contribution is -2.08. The summed E-state index contributed by atoms with van der Waals surface area (Å²) in [6, 6.07) is 11.2. The third-order valence-corrected chi connectivity index (χ3v) is 5.24. The summed E-state index contributed by atoms with van der Waals surface area (Å²) in [6.07, 6.45) is 6.89. The van der Waals surface area contributed by atoms with Crippen molar-refractivity contribution in [2.45, 2.75) is 19.8 Å². The fourth-order valence-corrected chi connectivity index (χ4v) is 3.36. The zero-order chi connectivity index (χ0) is 24.1. The van der Waals surface area contributed by atoms with E-state index >= 15 is 0 Å². The average molecular weight is 455 g/mol. The van der Waals surface area contributed by atoms with E-state index in [1.165, 1.54) is 0 Å². The molecular weight excluding hydrogens is 428 g/mol. The molecule has 0 aliphatic heterocycles. The number of pyridine rings is 3. The number of methoxy groups -OCH3 is 1. The van der Waals surface area contributed by atoms with E-state index in [4.69, 9.17) is 15.1 Å². The molecule has 0 saturated carbocycles. The molecule has 4 heterocycles. The summed E-state index contributed by atoms with van der Waals surface area (Å²) in [6.45, 7) is 4.22. The highest BCUT2D eigenvalue weighted by Crippen LogP contribution is 2.24. The van der Waals surface area contributed by atoms with Crippen LogP contribution in [-0.4, -0.2) is 45.0 Å². The third kappa shape index (κ3) is 4.98. The van der Waals surface area contributed by atoms with Crippen LogP contribution in [0.5, 0.6) is 5.88 Å². The predicted octanol–water partition coefficient (Wildman–Crippen LogP) is 4.32. The quantitative estimate of drug-likeness (QED) is 0.337. The van der Waals surface area contributed by atoms with E-state index < -0.39 is 0 Å². The number of fused-ring (bicyclic) bond motifs is 1. The zero-order valence-electron chi connectivity index (χ0n) is 19.5. The molecule has 0 spiro atoms. The molecule has 0 saturated heterocycles. The molecular formula is C25H26N8O. The summed E-state index contributed by atoms with van der Waals surface area (Å²) in [5, 5.41) is 23.2. The number of nitrogens with one attached hydrogen (secondary N) is 3. The Bertz CT molecular complexity index is 1350. The summed E-state index contributed by atoms with van der Waals surface area (Å²) in [4.78, 5) is 13.5. The Morgan fingerprint density at radius 3 is 2.50 bits per heavy atom. The molecule has 0 unspecified atom stereocenters. The number of anilines is 2. The normalized spacial score (nSPS) is 11.5. The van der Waals surface area contributed by atoms with E-state index in [0.29, 0.717) is 45.8 Å². The molecule has 0 bridgehead atoms. The highest BCUT2D eigenvalue weighted by molar-refractivity contribution is 6.30. The first-order chi connectivity index (χ1) is 16.5. The van der Waals surface area contributed by atoms with Crippen molar-refractivity contribution in [3.05, 3.63) is 77.9 Å². The van der Waals surface area contributed by atoms with E-state index in [9.17, 15) is 0 Å². The van der Waals surface area contributed by atoms with Crippen LogP contribution in [0.3, 0.4) is 0 Å². The first kappa shape index (κ1) is 22.8. The summed E-state index contributed by atoms with van der Waals surface area (Å²) in [7, 11) is 3.35. The van der Waals surface area contributed by atoms with Gasteiger partial charge in [0.1, 0.15) is 5.82 Å². The van der Waals surface area contributed by atoms with Crippen LogP contribution < -0.4 is 15.4 Å². The maximum Gasteiger partial charge on any atom is 0.212 e. The van der Waals surface area contributed by atoms with Gasteiger partial charge < -0.3 is 15.4 Å². The van der Waals surface area contributed by atoms with E-state index in [1.54, 1.807) is 51.1 Å². The van der Waals surface area contributed by atoms with Crippen LogP contribution in [0.4, 0.5) is 11.6 Å². The standard InChI is InChI=1S/C25H26N8O/c1-15(2)17-10-23(33-30-13-17)32-22-7-6-20-21(31-22)9-18(12-28-20)19(14-27-3)25(26)16-5-8-24(34-4)29-11-16/h5-15,26-27H,1-4H3,(H,31,32,33)/b19-14-,26-25?. The average Bonchev–Trinajstić information content (AvgIpc) is 2.86. The molecule has 172 valence electrons. The summed E-state index contributed by atoms with van der Waals surface area (Å²) < 4.78 is 5.12. The van der Waals surface area contributed by atoms with Crippen molar-refractivity contribution in [1.29, 1.82) is 5.41 Å². The number of hydrogen-bond donors (Lipinski definition) is 3. The van der Waals surface area contributed by atoms with E-state index in [1.807, 2.05) is 24.3 Å². The Morgan fingerprint density at radius 2 is 1.79 bits per heavy atom. The van der Waals surface area contributed by atoms with Crippen molar-refractivity contribution in [3.8, 4) is 5.88 Å². The Hall–Kier alpha value is -4.40. The second-order valence-corrected chi connectivity index (χ2v) is 7.92. The zero-order valence-corrected chi connectivity index (χ0v) is 19.5. The summed E-state index contributed by atoms with van der Waals surface area (Å²) in [5.74, 6) is 2.11. The molecule has 0 amide bonds. The molecule has 4 aromatic rings. The van der Waals surface area contributed by atoms with Crippen molar-refractivity contribution in [2.24, 2.45) is 0 Å². The fraction of sp³-hybridized carbons (Fsp3) is 0.200. The predicted molar refractivity (Wildman–Crippen MR) is 134 cm³/mol. The Kier molecular flexibility index (Phi) is 6.72. The van der Waals surface area contributed by atoms with Crippen LogP contribution in [0.15, 0.2) is 61.2 Å².